The molecule has 6 rings (SSSR count). The molecular formula is C31H32NOS+. The molecule has 0 fully saturated rings. The molecule has 2 aromatic heterocycles. The molecule has 0 radical (unpaired) electrons. The lowest BCUT2D eigenvalue weighted by atomic mass is 9.82. The minimum absolute atomic E-state index is 0.146. The van der Waals surface area contributed by atoms with Crippen molar-refractivity contribution >= 4 is 43.0 Å². The van der Waals surface area contributed by atoms with Gasteiger partial charge in [-0.3, -0.25) is 0 Å². The van der Waals surface area contributed by atoms with Crippen LogP contribution in [0.4, 0.5) is 0 Å². The van der Waals surface area contributed by atoms with Crippen LogP contribution < -0.4 is 9.30 Å². The first-order valence-electron chi connectivity index (χ1n) is 12.3. The average Bonchev–Trinajstić information content (AvgIpc) is 3.21. The van der Waals surface area contributed by atoms with Gasteiger partial charge < -0.3 is 4.74 Å². The van der Waals surface area contributed by atoms with Crippen LogP contribution in [0.25, 0.3) is 42.9 Å². The van der Waals surface area contributed by atoms with E-state index in [-0.39, 0.29) is 5.41 Å². The van der Waals surface area contributed by atoms with Crippen molar-refractivity contribution in [1.29, 1.82) is 0 Å². The van der Waals surface area contributed by atoms with E-state index >= 15 is 0 Å². The van der Waals surface area contributed by atoms with E-state index in [0.717, 1.165) is 17.9 Å². The Labute approximate surface area is 205 Å². The summed E-state index contributed by atoms with van der Waals surface area (Å²) < 4.78 is 10.6. The van der Waals surface area contributed by atoms with Gasteiger partial charge in [-0.2, -0.15) is 0 Å². The number of ether oxygens (including phenoxy) is 1. The summed E-state index contributed by atoms with van der Waals surface area (Å²) in [5.41, 5.74) is 5.28. The maximum atomic E-state index is 6.94. The monoisotopic (exact) mass is 466 g/mol. The zero-order valence-corrected chi connectivity index (χ0v) is 22.0. The van der Waals surface area contributed by atoms with Crippen LogP contribution >= 0.6 is 11.3 Å². The third-order valence-electron chi connectivity index (χ3n) is 7.14. The van der Waals surface area contributed by atoms with Gasteiger partial charge in [0, 0.05) is 26.6 Å². The highest BCUT2D eigenvalue weighted by molar-refractivity contribution is 7.20. The molecule has 0 amide bonds. The second kappa shape index (κ2) is 7.29. The van der Waals surface area contributed by atoms with Crippen molar-refractivity contribution in [2.75, 3.05) is 0 Å². The Kier molecular flexibility index (Phi) is 4.64. The van der Waals surface area contributed by atoms with Gasteiger partial charge in [0.25, 0.3) is 0 Å². The Morgan fingerprint density at radius 3 is 2.44 bits per heavy atom. The van der Waals surface area contributed by atoms with Crippen LogP contribution in [0.2, 0.25) is 0 Å². The van der Waals surface area contributed by atoms with E-state index in [1.165, 1.54) is 58.9 Å². The lowest BCUT2D eigenvalue weighted by molar-refractivity contribution is -0.659. The number of nitrogens with zero attached hydrogens (tertiary/aromatic N) is 1. The van der Waals surface area contributed by atoms with Crippen molar-refractivity contribution in [2.45, 2.75) is 53.9 Å². The van der Waals surface area contributed by atoms with Crippen LogP contribution in [0.1, 0.15) is 56.5 Å². The first-order valence-corrected chi connectivity index (χ1v) is 13.1. The van der Waals surface area contributed by atoms with Crippen LogP contribution in [-0.4, -0.2) is 0 Å². The molecular weight excluding hydrogens is 434 g/mol. The maximum absolute atomic E-state index is 6.94. The third-order valence-corrected chi connectivity index (χ3v) is 8.62. The highest BCUT2D eigenvalue weighted by atomic mass is 32.1. The summed E-state index contributed by atoms with van der Waals surface area (Å²) >= 11 is 1.93. The van der Waals surface area contributed by atoms with E-state index in [1.807, 2.05) is 11.3 Å². The average molecular weight is 467 g/mol. The van der Waals surface area contributed by atoms with E-state index in [0.29, 0.717) is 5.92 Å². The highest BCUT2D eigenvalue weighted by Crippen LogP contribution is 2.53. The molecule has 0 spiro atoms. The summed E-state index contributed by atoms with van der Waals surface area (Å²) in [7, 11) is 2.17. The molecule has 0 saturated carbocycles. The van der Waals surface area contributed by atoms with Gasteiger partial charge in [-0.1, -0.05) is 58.9 Å². The smallest absolute Gasteiger partial charge is 0.228 e. The minimum atomic E-state index is 0.146. The fourth-order valence-electron chi connectivity index (χ4n) is 5.57. The van der Waals surface area contributed by atoms with E-state index < -0.39 is 0 Å². The summed E-state index contributed by atoms with van der Waals surface area (Å²) in [5.74, 6) is 2.55. The summed E-state index contributed by atoms with van der Waals surface area (Å²) in [6, 6.07) is 15.7. The number of benzene rings is 3. The van der Waals surface area contributed by atoms with Crippen LogP contribution in [0.3, 0.4) is 0 Å². The summed E-state index contributed by atoms with van der Waals surface area (Å²) in [6.07, 6.45) is 3.19. The molecule has 0 saturated heterocycles. The normalized spacial score (nSPS) is 13.2. The maximum Gasteiger partial charge on any atom is 0.228 e. The molecule has 0 aliphatic carbocycles. The molecule has 172 valence electrons. The second-order valence-electron chi connectivity index (χ2n) is 11.4. The number of pyridine rings is 1. The van der Waals surface area contributed by atoms with Gasteiger partial charge in [-0.25, -0.2) is 4.57 Å². The van der Waals surface area contributed by atoms with Gasteiger partial charge in [0.15, 0.2) is 6.20 Å². The van der Waals surface area contributed by atoms with Crippen molar-refractivity contribution in [3.63, 3.8) is 0 Å². The predicted octanol–water partition coefficient (Wildman–Crippen LogP) is 8.83. The van der Waals surface area contributed by atoms with Crippen LogP contribution in [0.5, 0.6) is 11.5 Å². The molecule has 0 N–H and O–H groups in total. The zero-order valence-electron chi connectivity index (χ0n) is 21.2. The lowest BCUT2D eigenvalue weighted by Crippen LogP contribution is -2.32. The van der Waals surface area contributed by atoms with Gasteiger partial charge in [0.05, 0.1) is 10.9 Å². The zero-order chi connectivity index (χ0) is 23.9. The Morgan fingerprint density at radius 2 is 1.74 bits per heavy atom. The number of aryl methyl sites for hydroxylation is 2. The van der Waals surface area contributed by atoms with Crippen molar-refractivity contribution in [3.8, 4) is 22.8 Å². The molecule has 0 atom stereocenters. The molecule has 5 aromatic rings. The van der Waals surface area contributed by atoms with Gasteiger partial charge in [-0.15, -0.1) is 11.3 Å². The first kappa shape index (κ1) is 21.6. The number of aromatic nitrogens is 1. The Morgan fingerprint density at radius 1 is 1.00 bits per heavy atom. The minimum Gasteiger partial charge on any atom is -0.455 e. The molecule has 34 heavy (non-hydrogen) atoms. The fourth-order valence-corrected chi connectivity index (χ4v) is 6.75. The molecule has 1 aliphatic heterocycles. The van der Waals surface area contributed by atoms with Gasteiger partial charge in [0.2, 0.25) is 5.69 Å². The second-order valence-corrected chi connectivity index (χ2v) is 12.4. The van der Waals surface area contributed by atoms with Crippen molar-refractivity contribution in [3.05, 3.63) is 64.7 Å². The summed E-state index contributed by atoms with van der Waals surface area (Å²) in [6.45, 7) is 13.8. The molecule has 3 heterocycles. The van der Waals surface area contributed by atoms with E-state index in [4.69, 9.17) is 4.74 Å². The first-order chi connectivity index (χ1) is 16.1. The molecule has 3 aromatic carbocycles. The molecule has 1 aliphatic rings. The highest BCUT2D eigenvalue weighted by Gasteiger charge is 2.34. The van der Waals surface area contributed by atoms with Crippen LogP contribution in [0.15, 0.2) is 48.7 Å². The van der Waals surface area contributed by atoms with Crippen LogP contribution in [0, 0.1) is 12.3 Å². The fraction of sp³-hybridized carbons (Fsp3) is 0.323. The SMILES string of the molecule is Cc1c2c(c(CC(C)(C)C)c3ccccc13)Oc1cc3cc(C(C)C)sc3c3cc[n+](C)c-2c13. The van der Waals surface area contributed by atoms with E-state index in [2.05, 4.69) is 102 Å². The summed E-state index contributed by atoms with van der Waals surface area (Å²) in [4.78, 5) is 1.43. The third kappa shape index (κ3) is 3.10. The van der Waals surface area contributed by atoms with Crippen molar-refractivity contribution < 1.29 is 9.30 Å². The largest absolute Gasteiger partial charge is 0.455 e. The van der Waals surface area contributed by atoms with Crippen molar-refractivity contribution in [2.24, 2.45) is 12.5 Å². The molecule has 0 bridgehead atoms. The molecule has 3 heteroatoms. The topological polar surface area (TPSA) is 13.1 Å². The van der Waals surface area contributed by atoms with Crippen molar-refractivity contribution in [1.82, 2.24) is 0 Å². The number of hydrogen-bond acceptors (Lipinski definition) is 2. The molecule has 0 unspecified atom stereocenters. The quantitative estimate of drug-likeness (QED) is 0.232. The standard InChI is InChI=1S/C31H32NOS/c1-17(2)25-15-19-14-24-27-22(30(19)34-25)12-13-32(7)28(27)26-18(3)20-10-8-9-11-21(20)23(29(26)33-24)16-31(4,5)6/h8-15,17H,16H2,1-7H3/q+1. The van der Waals surface area contributed by atoms with Gasteiger partial charge >= 0.3 is 0 Å². The van der Waals surface area contributed by atoms with Crippen LogP contribution in [-0.2, 0) is 13.5 Å². The number of thiophene rings is 1. The van der Waals surface area contributed by atoms with E-state index in [9.17, 15) is 0 Å². The summed E-state index contributed by atoms with van der Waals surface area (Å²) in [5, 5.41) is 6.46. The van der Waals surface area contributed by atoms with Gasteiger partial charge in [0.1, 0.15) is 18.5 Å². The van der Waals surface area contributed by atoms with Gasteiger partial charge in [-0.05, 0) is 58.5 Å². The predicted molar refractivity (Wildman–Crippen MR) is 146 cm³/mol. The number of hydrogen-bond donors (Lipinski definition) is 0. The number of rotatable bonds is 2. The number of fused-ring (bicyclic) bond motifs is 5. The molecule has 2 nitrogen and oxygen atoms in total. The Balaban J connectivity index is 1.78. The Bertz CT molecular complexity index is 1630. The Hall–Kier alpha value is -2.91. The lowest BCUT2D eigenvalue weighted by Gasteiger charge is -2.28. The van der Waals surface area contributed by atoms with E-state index in [1.54, 1.807) is 0 Å².